The zero-order chi connectivity index (χ0) is 24.5. The minimum Gasteiger partial charge on any atom is -0.349 e. The van der Waals surface area contributed by atoms with Gasteiger partial charge in [0, 0.05) is 35.8 Å². The lowest BCUT2D eigenvalue weighted by Gasteiger charge is -2.34. The number of hydrogen-bond donors (Lipinski definition) is 2. The molecule has 4 aromatic heterocycles. The van der Waals surface area contributed by atoms with E-state index >= 15 is 0 Å². The van der Waals surface area contributed by atoms with Crippen LogP contribution in [0.2, 0.25) is 0 Å². The number of nitrogens with one attached hydrogen (secondary N) is 2. The highest BCUT2D eigenvalue weighted by Gasteiger charge is 2.37. The van der Waals surface area contributed by atoms with Gasteiger partial charge in [-0.25, -0.2) is 24.0 Å². The van der Waals surface area contributed by atoms with Crippen LogP contribution in [0.3, 0.4) is 0 Å². The van der Waals surface area contributed by atoms with Crippen LogP contribution in [0.1, 0.15) is 65.9 Å². The molecule has 0 unspecified atom stereocenters. The van der Waals surface area contributed by atoms with Crippen molar-refractivity contribution in [2.45, 2.75) is 52.0 Å². The third-order valence-corrected chi connectivity index (χ3v) is 6.34. The molecule has 5 rings (SSSR count). The van der Waals surface area contributed by atoms with E-state index in [1.54, 1.807) is 12.3 Å². The Kier molecular flexibility index (Phi) is 6.10. The van der Waals surface area contributed by atoms with E-state index in [0.29, 0.717) is 12.2 Å². The monoisotopic (exact) mass is 474 g/mol. The summed E-state index contributed by atoms with van der Waals surface area (Å²) in [6, 6.07) is 7.42. The summed E-state index contributed by atoms with van der Waals surface area (Å²) in [6.45, 7) is 5.87. The largest absolute Gasteiger partial charge is 0.349 e. The molecule has 1 amide bonds. The summed E-state index contributed by atoms with van der Waals surface area (Å²) < 4.78 is 14.5. The Morgan fingerprint density at radius 2 is 2.03 bits per heavy atom. The Morgan fingerprint density at radius 1 is 1.20 bits per heavy atom. The van der Waals surface area contributed by atoms with E-state index in [0.717, 1.165) is 53.2 Å². The van der Waals surface area contributed by atoms with E-state index in [4.69, 9.17) is 4.98 Å². The van der Waals surface area contributed by atoms with Gasteiger partial charge < -0.3 is 5.32 Å². The Hall–Kier alpha value is -3.95. The first kappa shape index (κ1) is 22.8. The van der Waals surface area contributed by atoms with Crippen molar-refractivity contribution in [1.29, 1.82) is 0 Å². The number of aromatic amines is 1. The van der Waals surface area contributed by atoms with E-state index in [1.165, 1.54) is 10.9 Å². The van der Waals surface area contributed by atoms with Crippen LogP contribution < -0.4 is 5.32 Å². The summed E-state index contributed by atoms with van der Waals surface area (Å²) in [5.74, 6) is 1.03. The molecule has 1 aliphatic carbocycles. The SMILES string of the molecule is Cc1cc(Cc2cc(C)[nH]n2)nc(C2CC(C(=O)N[C@H](C)c3ccc(-n4cc(F)cn4)nc3)C2)n1. The molecule has 0 bridgehead atoms. The van der Waals surface area contributed by atoms with Crippen molar-refractivity contribution in [3.8, 4) is 5.82 Å². The quantitative estimate of drug-likeness (QED) is 0.424. The molecule has 1 saturated carbocycles. The number of amides is 1. The summed E-state index contributed by atoms with van der Waals surface area (Å²) in [6.07, 6.45) is 6.17. The lowest BCUT2D eigenvalue weighted by atomic mass is 9.73. The fourth-order valence-corrected chi connectivity index (χ4v) is 4.35. The van der Waals surface area contributed by atoms with Gasteiger partial charge in [-0.3, -0.25) is 9.89 Å². The maximum Gasteiger partial charge on any atom is 0.223 e. The highest BCUT2D eigenvalue weighted by molar-refractivity contribution is 5.80. The summed E-state index contributed by atoms with van der Waals surface area (Å²) in [7, 11) is 0. The summed E-state index contributed by atoms with van der Waals surface area (Å²) >= 11 is 0. The molecular weight excluding hydrogens is 447 g/mol. The number of nitrogens with zero attached hydrogens (tertiary/aromatic N) is 6. The van der Waals surface area contributed by atoms with Gasteiger partial charge in [-0.1, -0.05) is 6.07 Å². The molecular formula is C25H27FN8O. The molecule has 180 valence electrons. The van der Waals surface area contributed by atoms with Gasteiger partial charge in [-0.05, 0) is 57.4 Å². The number of H-pyrrole nitrogens is 1. The molecule has 1 atom stereocenters. The number of pyridine rings is 1. The van der Waals surface area contributed by atoms with E-state index in [1.807, 2.05) is 39.0 Å². The standard InChI is InChI=1S/C25H27FN8O/c1-14-6-21(10-22-7-15(2)32-33-22)31-24(29-14)18-8-19(9-18)25(35)30-16(3)17-4-5-23(27-11-17)34-13-20(26)12-28-34/h4-7,11-13,16,18-19H,8-10H2,1-3H3,(H,30,35)(H,32,33)/t16-,18?,19?/m1/s1. The second kappa shape index (κ2) is 9.36. The Bertz CT molecular complexity index is 1340. The van der Waals surface area contributed by atoms with E-state index in [2.05, 4.69) is 30.6 Å². The van der Waals surface area contributed by atoms with E-state index in [9.17, 15) is 9.18 Å². The molecule has 4 heterocycles. The third-order valence-electron chi connectivity index (χ3n) is 6.34. The van der Waals surface area contributed by atoms with Crippen LogP contribution in [-0.4, -0.2) is 40.8 Å². The average molecular weight is 475 g/mol. The van der Waals surface area contributed by atoms with Gasteiger partial charge in [0.2, 0.25) is 5.91 Å². The van der Waals surface area contributed by atoms with E-state index in [-0.39, 0.29) is 23.8 Å². The molecule has 4 aromatic rings. The fourth-order valence-electron chi connectivity index (χ4n) is 4.35. The first-order chi connectivity index (χ1) is 16.8. The minimum atomic E-state index is -0.421. The van der Waals surface area contributed by atoms with Crippen molar-refractivity contribution >= 4 is 5.91 Å². The van der Waals surface area contributed by atoms with Gasteiger partial charge in [0.1, 0.15) is 5.82 Å². The predicted octanol–water partition coefficient (Wildman–Crippen LogP) is 3.50. The van der Waals surface area contributed by atoms with Crippen molar-refractivity contribution in [3.05, 3.63) is 82.8 Å². The zero-order valence-electron chi connectivity index (χ0n) is 19.9. The lowest BCUT2D eigenvalue weighted by molar-refractivity contribution is -0.128. The van der Waals surface area contributed by atoms with Gasteiger partial charge >= 0.3 is 0 Å². The van der Waals surface area contributed by atoms with E-state index < -0.39 is 5.82 Å². The molecule has 0 spiro atoms. The van der Waals surface area contributed by atoms with Crippen LogP contribution in [0.25, 0.3) is 5.82 Å². The second-order valence-electron chi connectivity index (χ2n) is 9.23. The van der Waals surface area contributed by atoms with Gasteiger partial charge in [0.05, 0.1) is 29.8 Å². The lowest BCUT2D eigenvalue weighted by Crippen LogP contribution is -2.39. The number of halogens is 1. The summed E-state index contributed by atoms with van der Waals surface area (Å²) in [4.78, 5) is 26.5. The first-order valence-corrected chi connectivity index (χ1v) is 11.7. The average Bonchev–Trinajstić information content (AvgIpc) is 3.40. The number of aromatic nitrogens is 7. The van der Waals surface area contributed by atoms with Crippen molar-refractivity contribution in [2.24, 2.45) is 5.92 Å². The molecule has 2 N–H and O–H groups in total. The fraction of sp³-hybridized carbons (Fsp3) is 0.360. The topological polar surface area (TPSA) is 114 Å². The molecule has 0 aromatic carbocycles. The van der Waals surface area contributed by atoms with Gasteiger partial charge in [0.25, 0.3) is 0 Å². The Morgan fingerprint density at radius 3 is 2.69 bits per heavy atom. The zero-order valence-corrected chi connectivity index (χ0v) is 19.9. The van der Waals surface area contributed by atoms with Crippen molar-refractivity contribution in [3.63, 3.8) is 0 Å². The predicted molar refractivity (Wildman–Crippen MR) is 126 cm³/mol. The third kappa shape index (κ3) is 5.11. The maximum atomic E-state index is 13.2. The summed E-state index contributed by atoms with van der Waals surface area (Å²) in [5, 5.41) is 14.2. The minimum absolute atomic E-state index is 0.0202. The molecule has 1 aliphatic rings. The maximum absolute atomic E-state index is 13.2. The van der Waals surface area contributed by atoms with Crippen LogP contribution in [-0.2, 0) is 11.2 Å². The molecule has 0 radical (unpaired) electrons. The molecule has 9 nitrogen and oxygen atoms in total. The molecule has 0 aliphatic heterocycles. The normalized spacial score (nSPS) is 18.2. The van der Waals surface area contributed by atoms with Crippen LogP contribution >= 0.6 is 0 Å². The molecule has 10 heteroatoms. The van der Waals surface area contributed by atoms with Gasteiger partial charge in [-0.2, -0.15) is 10.2 Å². The number of carbonyl (C=O) groups is 1. The highest BCUT2D eigenvalue weighted by atomic mass is 19.1. The molecule has 0 saturated heterocycles. The molecule has 35 heavy (non-hydrogen) atoms. The Balaban J connectivity index is 1.16. The van der Waals surface area contributed by atoms with Gasteiger partial charge in [0.15, 0.2) is 11.6 Å². The first-order valence-electron chi connectivity index (χ1n) is 11.7. The number of aryl methyl sites for hydroxylation is 2. The van der Waals surface area contributed by atoms with Crippen molar-refractivity contribution < 1.29 is 9.18 Å². The number of hydrogen-bond acceptors (Lipinski definition) is 6. The highest BCUT2D eigenvalue weighted by Crippen LogP contribution is 2.40. The second-order valence-corrected chi connectivity index (χ2v) is 9.23. The number of carbonyl (C=O) groups excluding carboxylic acids is 1. The van der Waals surface area contributed by atoms with Crippen LogP contribution in [0.15, 0.2) is 42.9 Å². The summed E-state index contributed by atoms with van der Waals surface area (Å²) in [5.41, 5.74) is 4.70. The van der Waals surface area contributed by atoms with Crippen LogP contribution in [0.4, 0.5) is 4.39 Å². The van der Waals surface area contributed by atoms with Gasteiger partial charge in [-0.15, -0.1) is 0 Å². The van der Waals surface area contributed by atoms with Crippen LogP contribution in [0.5, 0.6) is 0 Å². The molecule has 1 fully saturated rings. The van der Waals surface area contributed by atoms with Crippen LogP contribution in [0, 0.1) is 25.6 Å². The number of rotatable bonds is 7. The van der Waals surface area contributed by atoms with Crippen molar-refractivity contribution in [1.82, 2.24) is 40.2 Å². The van der Waals surface area contributed by atoms with Crippen molar-refractivity contribution in [2.75, 3.05) is 0 Å². The Labute approximate surface area is 202 Å². The smallest absolute Gasteiger partial charge is 0.223 e.